The third-order valence-electron chi connectivity index (χ3n) is 4.13. The maximum Gasteiger partial charge on any atom is 0.123 e. The summed E-state index contributed by atoms with van der Waals surface area (Å²) < 4.78 is 13.5. The molecule has 3 heteroatoms. The molecule has 1 aromatic carbocycles. The number of unbranched alkanes of at least 4 members (excludes halogenated alkanes) is 1. The largest absolute Gasteiger partial charge is 0.316 e. The van der Waals surface area contributed by atoms with E-state index in [2.05, 4.69) is 26.1 Å². The zero-order valence-corrected chi connectivity index (χ0v) is 13.7. The minimum Gasteiger partial charge on any atom is -0.316 e. The van der Waals surface area contributed by atoms with Crippen molar-refractivity contribution in [2.24, 2.45) is 5.41 Å². The van der Waals surface area contributed by atoms with Crippen molar-refractivity contribution >= 4 is 11.6 Å². The van der Waals surface area contributed by atoms with E-state index in [-0.39, 0.29) is 11.2 Å². The van der Waals surface area contributed by atoms with Gasteiger partial charge < -0.3 is 5.32 Å². The van der Waals surface area contributed by atoms with Crippen LogP contribution in [0.4, 0.5) is 4.39 Å². The Morgan fingerprint density at radius 3 is 2.60 bits per heavy atom. The Morgan fingerprint density at radius 1 is 1.25 bits per heavy atom. The van der Waals surface area contributed by atoms with E-state index in [0.717, 1.165) is 37.9 Å². The van der Waals surface area contributed by atoms with E-state index in [1.54, 1.807) is 12.1 Å². The molecule has 0 spiro atoms. The van der Waals surface area contributed by atoms with Crippen LogP contribution in [0.5, 0.6) is 0 Å². The molecule has 1 nitrogen and oxygen atoms in total. The molecule has 0 saturated carbocycles. The standard InChI is InChI=1S/C17H27ClFN/c1-4-7-10-17(5-2,13-20-6-3)12-14-11-15(19)8-9-16(14)18/h8-9,11,20H,4-7,10,12-13H2,1-3H3. The molecule has 0 bridgehead atoms. The normalized spacial score (nSPS) is 14.2. The van der Waals surface area contributed by atoms with E-state index in [1.807, 2.05) is 0 Å². The van der Waals surface area contributed by atoms with Crippen LogP contribution in [0.15, 0.2) is 18.2 Å². The second kappa shape index (κ2) is 8.63. The Balaban J connectivity index is 2.93. The number of halogens is 2. The van der Waals surface area contributed by atoms with Gasteiger partial charge >= 0.3 is 0 Å². The van der Waals surface area contributed by atoms with Gasteiger partial charge in [0.25, 0.3) is 0 Å². The van der Waals surface area contributed by atoms with Crippen molar-refractivity contribution in [3.8, 4) is 0 Å². The SMILES string of the molecule is CCCCC(CC)(CNCC)Cc1cc(F)ccc1Cl. The van der Waals surface area contributed by atoms with Crippen LogP contribution >= 0.6 is 11.6 Å². The van der Waals surface area contributed by atoms with Gasteiger partial charge in [-0.25, -0.2) is 4.39 Å². The smallest absolute Gasteiger partial charge is 0.123 e. The minimum absolute atomic E-state index is 0.170. The first kappa shape index (κ1) is 17.5. The van der Waals surface area contributed by atoms with E-state index < -0.39 is 0 Å². The second-order valence-electron chi connectivity index (χ2n) is 5.65. The summed E-state index contributed by atoms with van der Waals surface area (Å²) in [5.74, 6) is -0.201. The number of hydrogen-bond acceptors (Lipinski definition) is 1. The fourth-order valence-electron chi connectivity index (χ4n) is 2.69. The summed E-state index contributed by atoms with van der Waals surface area (Å²) in [5, 5.41) is 4.14. The summed E-state index contributed by atoms with van der Waals surface area (Å²) in [7, 11) is 0. The van der Waals surface area contributed by atoms with Gasteiger partial charge in [0, 0.05) is 11.6 Å². The number of rotatable bonds is 9. The third-order valence-corrected chi connectivity index (χ3v) is 4.50. The topological polar surface area (TPSA) is 12.0 Å². The Kier molecular flexibility index (Phi) is 7.53. The molecule has 0 amide bonds. The molecule has 1 atom stereocenters. The zero-order valence-electron chi connectivity index (χ0n) is 12.9. The first-order chi connectivity index (χ1) is 9.56. The van der Waals surface area contributed by atoms with Gasteiger partial charge in [-0.2, -0.15) is 0 Å². The second-order valence-corrected chi connectivity index (χ2v) is 6.06. The lowest BCUT2D eigenvalue weighted by Crippen LogP contribution is -2.36. The van der Waals surface area contributed by atoms with E-state index in [4.69, 9.17) is 11.6 Å². The molecule has 1 aromatic rings. The highest BCUT2D eigenvalue weighted by molar-refractivity contribution is 6.31. The van der Waals surface area contributed by atoms with Crippen LogP contribution in [-0.4, -0.2) is 13.1 Å². The van der Waals surface area contributed by atoms with Gasteiger partial charge in [-0.15, -0.1) is 0 Å². The predicted molar refractivity (Wildman–Crippen MR) is 85.9 cm³/mol. The summed E-state index contributed by atoms with van der Waals surface area (Å²) in [4.78, 5) is 0. The van der Waals surface area contributed by atoms with Crippen LogP contribution < -0.4 is 5.32 Å². The molecule has 0 saturated heterocycles. The maximum atomic E-state index is 13.5. The Bertz CT molecular complexity index is 398. The molecule has 1 unspecified atom stereocenters. The lowest BCUT2D eigenvalue weighted by molar-refractivity contribution is 0.230. The molecule has 0 radical (unpaired) electrons. The molecule has 0 fully saturated rings. The highest BCUT2D eigenvalue weighted by atomic mass is 35.5. The van der Waals surface area contributed by atoms with E-state index in [9.17, 15) is 4.39 Å². The van der Waals surface area contributed by atoms with Crippen molar-refractivity contribution in [3.63, 3.8) is 0 Å². The highest BCUT2D eigenvalue weighted by Gasteiger charge is 2.28. The molecule has 0 aromatic heterocycles. The molecule has 1 N–H and O–H groups in total. The summed E-state index contributed by atoms with van der Waals surface area (Å²) in [6, 6.07) is 4.68. The van der Waals surface area contributed by atoms with Crippen LogP contribution in [0.25, 0.3) is 0 Å². The zero-order chi connectivity index (χ0) is 15.0. The third kappa shape index (κ3) is 5.06. The number of hydrogen-bond donors (Lipinski definition) is 1. The van der Waals surface area contributed by atoms with Gasteiger partial charge in [0.1, 0.15) is 5.82 Å². The van der Waals surface area contributed by atoms with Crippen molar-refractivity contribution in [3.05, 3.63) is 34.6 Å². The van der Waals surface area contributed by atoms with Crippen molar-refractivity contribution < 1.29 is 4.39 Å². The summed E-state index contributed by atoms with van der Waals surface area (Å²) in [6.07, 6.45) is 5.46. The minimum atomic E-state index is -0.201. The Labute approximate surface area is 127 Å². The fourth-order valence-corrected chi connectivity index (χ4v) is 2.88. The van der Waals surface area contributed by atoms with E-state index >= 15 is 0 Å². The van der Waals surface area contributed by atoms with Crippen LogP contribution in [0.3, 0.4) is 0 Å². The summed E-state index contributed by atoms with van der Waals surface area (Å²) >= 11 is 6.24. The first-order valence-corrected chi connectivity index (χ1v) is 8.09. The highest BCUT2D eigenvalue weighted by Crippen LogP contribution is 2.35. The lowest BCUT2D eigenvalue weighted by atomic mass is 9.75. The summed E-state index contributed by atoms with van der Waals surface area (Å²) in [5.41, 5.74) is 1.10. The van der Waals surface area contributed by atoms with Crippen LogP contribution in [-0.2, 0) is 6.42 Å². The van der Waals surface area contributed by atoms with E-state index in [1.165, 1.54) is 18.9 Å². The fraction of sp³-hybridized carbons (Fsp3) is 0.647. The molecule has 0 heterocycles. The molecule has 0 aliphatic rings. The van der Waals surface area contributed by atoms with Crippen molar-refractivity contribution in [2.75, 3.05) is 13.1 Å². The molecule has 0 aliphatic heterocycles. The Morgan fingerprint density at radius 2 is 2.00 bits per heavy atom. The molecule has 0 aliphatic carbocycles. The molecule has 20 heavy (non-hydrogen) atoms. The molecule has 1 rings (SSSR count). The van der Waals surface area contributed by atoms with Gasteiger partial charge in [-0.05, 0) is 55.0 Å². The van der Waals surface area contributed by atoms with E-state index in [0.29, 0.717) is 5.02 Å². The number of benzene rings is 1. The van der Waals surface area contributed by atoms with Gasteiger partial charge in [-0.1, -0.05) is 45.2 Å². The van der Waals surface area contributed by atoms with Crippen LogP contribution in [0.1, 0.15) is 52.0 Å². The van der Waals surface area contributed by atoms with Crippen LogP contribution in [0, 0.1) is 11.2 Å². The molecular formula is C17H27ClFN. The van der Waals surface area contributed by atoms with Gasteiger partial charge in [-0.3, -0.25) is 0 Å². The van der Waals surface area contributed by atoms with Crippen molar-refractivity contribution in [1.82, 2.24) is 5.32 Å². The average molecular weight is 300 g/mol. The predicted octanol–water partition coefficient (Wildman–Crippen LogP) is 5.22. The van der Waals surface area contributed by atoms with Crippen molar-refractivity contribution in [2.45, 2.75) is 52.9 Å². The van der Waals surface area contributed by atoms with Crippen molar-refractivity contribution in [1.29, 1.82) is 0 Å². The average Bonchev–Trinajstić information content (AvgIpc) is 2.46. The van der Waals surface area contributed by atoms with Crippen LogP contribution in [0.2, 0.25) is 5.02 Å². The summed E-state index contributed by atoms with van der Waals surface area (Å²) in [6.45, 7) is 8.48. The Hall–Kier alpha value is -0.600. The first-order valence-electron chi connectivity index (χ1n) is 7.71. The van der Waals surface area contributed by atoms with Gasteiger partial charge in [0.15, 0.2) is 0 Å². The van der Waals surface area contributed by atoms with Gasteiger partial charge in [0.2, 0.25) is 0 Å². The maximum absolute atomic E-state index is 13.5. The molecule has 114 valence electrons. The quantitative estimate of drug-likeness (QED) is 0.659. The molecular weight excluding hydrogens is 273 g/mol. The monoisotopic (exact) mass is 299 g/mol. The lowest BCUT2D eigenvalue weighted by Gasteiger charge is -2.34. The van der Waals surface area contributed by atoms with Gasteiger partial charge in [0.05, 0.1) is 0 Å². The number of nitrogens with one attached hydrogen (secondary N) is 1.